The van der Waals surface area contributed by atoms with Crippen LogP contribution in [0.3, 0.4) is 0 Å². The van der Waals surface area contributed by atoms with Crippen molar-refractivity contribution in [3.05, 3.63) is 48.3 Å². The molecule has 0 aliphatic carbocycles. The van der Waals surface area contributed by atoms with E-state index in [1.165, 1.54) is 18.5 Å². The summed E-state index contributed by atoms with van der Waals surface area (Å²) >= 11 is 0. The number of benzene rings is 1. The second-order valence-electron chi connectivity index (χ2n) is 7.81. The SMILES string of the molecule is COc1ccc(N2CCN(c3cncc(C(=O)N4CCCCCC4)c3)CC2)cc1. The van der Waals surface area contributed by atoms with Gasteiger partial charge >= 0.3 is 0 Å². The predicted molar refractivity (Wildman–Crippen MR) is 116 cm³/mol. The Hall–Kier alpha value is -2.76. The molecule has 154 valence electrons. The van der Waals surface area contributed by atoms with Crippen LogP contribution in [-0.2, 0) is 0 Å². The third-order valence-electron chi connectivity index (χ3n) is 5.95. The number of anilines is 2. The number of nitrogens with zero attached hydrogens (tertiary/aromatic N) is 4. The zero-order valence-corrected chi connectivity index (χ0v) is 17.2. The number of ether oxygens (including phenoxy) is 1. The van der Waals surface area contributed by atoms with Crippen LogP contribution in [0.25, 0.3) is 0 Å². The standard InChI is InChI=1S/C23H30N4O2/c1-29-22-8-6-20(7-9-22)25-12-14-26(15-13-25)21-16-19(17-24-18-21)23(28)27-10-4-2-3-5-11-27/h6-9,16-18H,2-5,10-15H2,1H3. The van der Waals surface area contributed by atoms with Gasteiger partial charge < -0.3 is 19.4 Å². The topological polar surface area (TPSA) is 48.9 Å². The first-order valence-corrected chi connectivity index (χ1v) is 10.6. The van der Waals surface area contributed by atoms with Crippen LogP contribution in [0.15, 0.2) is 42.7 Å². The van der Waals surface area contributed by atoms with Crippen LogP contribution < -0.4 is 14.5 Å². The summed E-state index contributed by atoms with van der Waals surface area (Å²) in [6.07, 6.45) is 8.24. The first-order valence-electron chi connectivity index (χ1n) is 10.6. The highest BCUT2D eigenvalue weighted by atomic mass is 16.5. The third-order valence-corrected chi connectivity index (χ3v) is 5.95. The van der Waals surface area contributed by atoms with Gasteiger partial charge in [-0.15, -0.1) is 0 Å². The second-order valence-corrected chi connectivity index (χ2v) is 7.81. The molecule has 0 bridgehead atoms. The Morgan fingerprint density at radius 3 is 2.07 bits per heavy atom. The van der Waals surface area contributed by atoms with E-state index < -0.39 is 0 Å². The van der Waals surface area contributed by atoms with Crippen molar-refractivity contribution in [1.29, 1.82) is 0 Å². The lowest BCUT2D eigenvalue weighted by Gasteiger charge is -2.37. The number of piperazine rings is 1. The van der Waals surface area contributed by atoms with Crippen LogP contribution in [0.1, 0.15) is 36.0 Å². The lowest BCUT2D eigenvalue weighted by Crippen LogP contribution is -2.46. The number of methoxy groups -OCH3 is 1. The first kappa shape index (κ1) is 19.6. The molecule has 1 amide bonds. The Balaban J connectivity index is 1.39. The molecule has 2 saturated heterocycles. The molecule has 2 aliphatic heterocycles. The number of aromatic nitrogens is 1. The first-order chi connectivity index (χ1) is 14.2. The van der Waals surface area contributed by atoms with E-state index >= 15 is 0 Å². The molecule has 2 aromatic rings. The second kappa shape index (κ2) is 9.16. The number of carbonyl (C=O) groups excluding carboxylic acids is 1. The van der Waals surface area contributed by atoms with Crippen molar-refractivity contribution in [3.8, 4) is 5.75 Å². The van der Waals surface area contributed by atoms with Gasteiger partial charge in [0.05, 0.1) is 24.6 Å². The predicted octanol–water partition coefficient (Wildman–Crippen LogP) is 3.43. The number of rotatable bonds is 4. The smallest absolute Gasteiger partial charge is 0.255 e. The molecular weight excluding hydrogens is 364 g/mol. The van der Waals surface area contributed by atoms with Crippen LogP contribution in [0, 0.1) is 0 Å². The average Bonchev–Trinajstić information content (AvgIpc) is 3.08. The van der Waals surface area contributed by atoms with Crippen molar-refractivity contribution < 1.29 is 9.53 Å². The Labute approximate surface area is 173 Å². The number of hydrogen-bond donors (Lipinski definition) is 0. The zero-order chi connectivity index (χ0) is 20.1. The lowest BCUT2D eigenvalue weighted by molar-refractivity contribution is 0.0761. The molecule has 6 heteroatoms. The maximum Gasteiger partial charge on any atom is 0.255 e. The molecule has 4 rings (SSSR count). The van der Waals surface area contributed by atoms with Crippen LogP contribution in [-0.4, -0.2) is 62.2 Å². The highest BCUT2D eigenvalue weighted by Crippen LogP contribution is 2.23. The van der Waals surface area contributed by atoms with Gasteiger partial charge in [-0.1, -0.05) is 12.8 Å². The van der Waals surface area contributed by atoms with E-state index in [4.69, 9.17) is 4.74 Å². The monoisotopic (exact) mass is 394 g/mol. The van der Waals surface area contributed by atoms with Crippen molar-refractivity contribution >= 4 is 17.3 Å². The van der Waals surface area contributed by atoms with Gasteiger partial charge in [0.1, 0.15) is 5.75 Å². The fourth-order valence-electron chi connectivity index (χ4n) is 4.19. The van der Waals surface area contributed by atoms with Gasteiger partial charge in [0.15, 0.2) is 0 Å². The minimum Gasteiger partial charge on any atom is -0.497 e. The molecule has 0 atom stereocenters. The summed E-state index contributed by atoms with van der Waals surface area (Å²) in [7, 11) is 1.69. The number of pyridine rings is 1. The van der Waals surface area contributed by atoms with Gasteiger partial charge in [-0.25, -0.2) is 0 Å². The van der Waals surface area contributed by atoms with Gasteiger partial charge in [-0.05, 0) is 43.2 Å². The summed E-state index contributed by atoms with van der Waals surface area (Å²) in [6.45, 7) is 5.44. The number of likely N-dealkylation sites (tertiary alicyclic amines) is 1. The van der Waals surface area contributed by atoms with Crippen LogP contribution in [0.4, 0.5) is 11.4 Å². The van der Waals surface area contributed by atoms with Crippen molar-refractivity contribution in [2.75, 3.05) is 56.2 Å². The Morgan fingerprint density at radius 1 is 0.828 bits per heavy atom. The quantitative estimate of drug-likeness (QED) is 0.795. The van der Waals surface area contributed by atoms with E-state index in [-0.39, 0.29) is 5.91 Å². The molecule has 0 spiro atoms. The van der Waals surface area contributed by atoms with E-state index in [2.05, 4.69) is 26.9 Å². The highest BCUT2D eigenvalue weighted by molar-refractivity contribution is 5.94. The molecule has 0 saturated carbocycles. The van der Waals surface area contributed by atoms with E-state index in [1.54, 1.807) is 13.3 Å². The van der Waals surface area contributed by atoms with Crippen molar-refractivity contribution in [2.45, 2.75) is 25.7 Å². The Bertz CT molecular complexity index is 808. The Kier molecular flexibility index (Phi) is 6.17. The number of hydrogen-bond acceptors (Lipinski definition) is 5. The van der Waals surface area contributed by atoms with Gasteiger partial charge in [0, 0.05) is 51.2 Å². The van der Waals surface area contributed by atoms with Gasteiger partial charge in [0.2, 0.25) is 0 Å². The van der Waals surface area contributed by atoms with Crippen molar-refractivity contribution in [1.82, 2.24) is 9.88 Å². The third kappa shape index (κ3) is 4.63. The largest absolute Gasteiger partial charge is 0.497 e. The lowest BCUT2D eigenvalue weighted by atomic mass is 10.2. The van der Waals surface area contributed by atoms with Crippen molar-refractivity contribution in [2.24, 2.45) is 0 Å². The van der Waals surface area contributed by atoms with Gasteiger partial charge in [-0.3, -0.25) is 9.78 Å². The molecule has 2 fully saturated rings. The fraction of sp³-hybridized carbons (Fsp3) is 0.478. The maximum absolute atomic E-state index is 12.9. The van der Waals surface area contributed by atoms with Crippen LogP contribution >= 0.6 is 0 Å². The average molecular weight is 395 g/mol. The fourth-order valence-corrected chi connectivity index (χ4v) is 4.19. The van der Waals surface area contributed by atoms with E-state index in [0.29, 0.717) is 5.56 Å². The summed E-state index contributed by atoms with van der Waals surface area (Å²) in [4.78, 5) is 24.0. The summed E-state index contributed by atoms with van der Waals surface area (Å²) in [5.41, 5.74) is 2.97. The van der Waals surface area contributed by atoms with Crippen LogP contribution in [0.5, 0.6) is 5.75 Å². The molecule has 0 radical (unpaired) electrons. The molecule has 0 unspecified atom stereocenters. The van der Waals surface area contributed by atoms with Crippen molar-refractivity contribution in [3.63, 3.8) is 0 Å². The molecular formula is C23H30N4O2. The normalized spacial score (nSPS) is 17.8. The minimum absolute atomic E-state index is 0.123. The number of carbonyl (C=O) groups is 1. The maximum atomic E-state index is 12.9. The van der Waals surface area contributed by atoms with E-state index in [9.17, 15) is 4.79 Å². The van der Waals surface area contributed by atoms with Gasteiger partial charge in [0.25, 0.3) is 5.91 Å². The number of amides is 1. The Morgan fingerprint density at radius 2 is 1.45 bits per heavy atom. The summed E-state index contributed by atoms with van der Waals surface area (Å²) < 4.78 is 5.25. The van der Waals surface area contributed by atoms with E-state index in [1.807, 2.05) is 29.3 Å². The molecule has 1 aromatic heterocycles. The van der Waals surface area contributed by atoms with E-state index in [0.717, 1.165) is 63.5 Å². The summed E-state index contributed by atoms with van der Waals surface area (Å²) in [5, 5.41) is 0. The molecule has 2 aliphatic rings. The molecule has 0 N–H and O–H groups in total. The summed E-state index contributed by atoms with van der Waals surface area (Å²) in [6, 6.07) is 10.2. The van der Waals surface area contributed by atoms with Crippen LogP contribution in [0.2, 0.25) is 0 Å². The molecule has 6 nitrogen and oxygen atoms in total. The molecule has 3 heterocycles. The molecule has 1 aromatic carbocycles. The zero-order valence-electron chi connectivity index (χ0n) is 17.2. The minimum atomic E-state index is 0.123. The highest BCUT2D eigenvalue weighted by Gasteiger charge is 2.21. The molecule has 29 heavy (non-hydrogen) atoms. The summed E-state index contributed by atoms with van der Waals surface area (Å²) in [5.74, 6) is 1.00. The van der Waals surface area contributed by atoms with Gasteiger partial charge in [-0.2, -0.15) is 0 Å².